The van der Waals surface area contributed by atoms with Crippen molar-refractivity contribution >= 4 is 51.4 Å². The normalized spacial score (nSPS) is 19.5. The van der Waals surface area contributed by atoms with E-state index < -0.39 is 12.0 Å². The Labute approximate surface area is 137 Å². The van der Waals surface area contributed by atoms with Gasteiger partial charge in [-0.25, -0.2) is 4.79 Å². The summed E-state index contributed by atoms with van der Waals surface area (Å²) in [6.45, 7) is 2.38. The maximum absolute atomic E-state index is 12.4. The fourth-order valence-corrected chi connectivity index (χ4v) is 4.36. The molecule has 1 fully saturated rings. The SMILES string of the molecule is C[C@H](CSC(=S)c1cccs1)C(=O)N1CCC[C@H]1C(=O)O. The van der Waals surface area contributed by atoms with E-state index in [1.54, 1.807) is 11.3 Å². The van der Waals surface area contributed by atoms with Crippen LogP contribution in [0, 0.1) is 5.92 Å². The molecular formula is C14H17NO3S3. The lowest BCUT2D eigenvalue weighted by molar-refractivity contribution is -0.149. The van der Waals surface area contributed by atoms with Crippen molar-refractivity contribution in [1.82, 2.24) is 4.90 Å². The van der Waals surface area contributed by atoms with E-state index in [1.165, 1.54) is 16.7 Å². The molecule has 21 heavy (non-hydrogen) atoms. The summed E-state index contributed by atoms with van der Waals surface area (Å²) in [6, 6.07) is 3.26. The van der Waals surface area contributed by atoms with Crippen LogP contribution in [-0.2, 0) is 9.59 Å². The summed E-state index contributed by atoms with van der Waals surface area (Å²) in [5.41, 5.74) is 0. The Bertz CT molecular complexity index is 530. The number of nitrogens with zero attached hydrogens (tertiary/aromatic N) is 1. The second kappa shape index (κ2) is 7.38. The van der Waals surface area contributed by atoms with Gasteiger partial charge < -0.3 is 10.0 Å². The monoisotopic (exact) mass is 343 g/mol. The van der Waals surface area contributed by atoms with Crippen LogP contribution >= 0.6 is 35.3 Å². The first-order valence-electron chi connectivity index (χ1n) is 6.74. The van der Waals surface area contributed by atoms with Gasteiger partial charge in [0.25, 0.3) is 0 Å². The van der Waals surface area contributed by atoms with E-state index in [0.717, 1.165) is 15.5 Å². The van der Waals surface area contributed by atoms with Gasteiger partial charge in [-0.2, -0.15) is 0 Å². The number of hydrogen-bond donors (Lipinski definition) is 1. The van der Waals surface area contributed by atoms with E-state index in [2.05, 4.69) is 0 Å². The zero-order valence-corrected chi connectivity index (χ0v) is 14.1. The molecule has 1 saturated heterocycles. The fraction of sp³-hybridized carbons (Fsp3) is 0.500. The number of hydrogen-bond acceptors (Lipinski definition) is 5. The van der Waals surface area contributed by atoms with Crippen molar-refractivity contribution in [2.45, 2.75) is 25.8 Å². The van der Waals surface area contributed by atoms with Crippen LogP contribution in [0.1, 0.15) is 24.6 Å². The molecule has 4 nitrogen and oxygen atoms in total. The second-order valence-corrected chi connectivity index (χ2v) is 7.65. The number of thiocarbonyl (C=S) groups is 1. The lowest BCUT2D eigenvalue weighted by Gasteiger charge is -2.24. The Balaban J connectivity index is 1.88. The summed E-state index contributed by atoms with van der Waals surface area (Å²) in [5.74, 6) is -0.637. The smallest absolute Gasteiger partial charge is 0.326 e. The number of carbonyl (C=O) groups is 2. The van der Waals surface area contributed by atoms with Gasteiger partial charge in [-0.3, -0.25) is 4.79 Å². The molecule has 0 aromatic carbocycles. The van der Waals surface area contributed by atoms with Crippen LogP contribution in [0.5, 0.6) is 0 Å². The largest absolute Gasteiger partial charge is 0.480 e. The summed E-state index contributed by atoms with van der Waals surface area (Å²) in [7, 11) is 0. The van der Waals surface area contributed by atoms with E-state index in [9.17, 15) is 9.59 Å². The first kappa shape index (κ1) is 16.5. The molecule has 2 rings (SSSR count). The van der Waals surface area contributed by atoms with Gasteiger partial charge in [-0.05, 0) is 24.3 Å². The molecule has 0 unspecified atom stereocenters. The van der Waals surface area contributed by atoms with Crippen molar-refractivity contribution in [3.05, 3.63) is 22.4 Å². The summed E-state index contributed by atoms with van der Waals surface area (Å²) < 4.78 is 0.792. The van der Waals surface area contributed by atoms with Gasteiger partial charge in [0.1, 0.15) is 6.04 Å². The summed E-state index contributed by atoms with van der Waals surface area (Å²) in [4.78, 5) is 26.1. The third-order valence-corrected chi connectivity index (χ3v) is 6.30. The molecule has 0 spiro atoms. The molecule has 1 aliphatic rings. The minimum Gasteiger partial charge on any atom is -0.480 e. The molecule has 0 aliphatic carbocycles. The quantitative estimate of drug-likeness (QED) is 0.833. The maximum Gasteiger partial charge on any atom is 0.326 e. The number of rotatable bonds is 5. The zero-order chi connectivity index (χ0) is 15.4. The summed E-state index contributed by atoms with van der Waals surface area (Å²) in [5, 5.41) is 11.1. The van der Waals surface area contributed by atoms with Gasteiger partial charge in [0.2, 0.25) is 5.91 Å². The second-order valence-electron chi connectivity index (χ2n) is 5.00. The number of carbonyl (C=O) groups excluding carboxylic acids is 1. The van der Waals surface area contributed by atoms with Crippen LogP contribution in [0.15, 0.2) is 17.5 Å². The molecule has 7 heteroatoms. The highest BCUT2D eigenvalue weighted by Gasteiger charge is 2.35. The molecule has 0 bridgehead atoms. The van der Waals surface area contributed by atoms with E-state index >= 15 is 0 Å². The van der Waals surface area contributed by atoms with Crippen LogP contribution < -0.4 is 0 Å². The average molecular weight is 343 g/mol. The van der Waals surface area contributed by atoms with E-state index in [0.29, 0.717) is 18.7 Å². The Morgan fingerprint density at radius 2 is 2.38 bits per heavy atom. The van der Waals surface area contributed by atoms with E-state index in [-0.39, 0.29) is 11.8 Å². The predicted octanol–water partition coefficient (Wildman–Crippen LogP) is 2.87. The van der Waals surface area contributed by atoms with Crippen LogP contribution in [0.4, 0.5) is 0 Å². The zero-order valence-electron chi connectivity index (χ0n) is 11.7. The number of carboxylic acid groups (broad SMARTS) is 1. The Morgan fingerprint density at radius 3 is 3.00 bits per heavy atom. The van der Waals surface area contributed by atoms with Crippen molar-refractivity contribution in [1.29, 1.82) is 0 Å². The standard InChI is InChI=1S/C14H17NO3S3/c1-9(8-21-14(19)11-5-3-7-20-11)12(16)15-6-2-4-10(15)13(17)18/h3,5,7,9-10H,2,4,6,8H2,1H3,(H,17,18)/t9-,10+/m1/s1. The Kier molecular flexibility index (Phi) is 5.78. The third kappa shape index (κ3) is 4.05. The van der Waals surface area contributed by atoms with Gasteiger partial charge >= 0.3 is 5.97 Å². The third-order valence-electron chi connectivity index (χ3n) is 3.43. The Hall–Kier alpha value is -0.920. The van der Waals surface area contributed by atoms with Gasteiger partial charge in [-0.15, -0.1) is 23.1 Å². The average Bonchev–Trinajstić information content (AvgIpc) is 3.13. The van der Waals surface area contributed by atoms with Crippen LogP contribution in [-0.4, -0.2) is 44.4 Å². The number of thiophene rings is 1. The minimum absolute atomic E-state index is 0.0821. The molecule has 2 atom stereocenters. The van der Waals surface area contributed by atoms with E-state index in [4.69, 9.17) is 17.3 Å². The minimum atomic E-state index is -0.908. The lowest BCUT2D eigenvalue weighted by Crippen LogP contribution is -2.43. The summed E-state index contributed by atoms with van der Waals surface area (Å²) >= 11 is 8.40. The van der Waals surface area contributed by atoms with Crippen LogP contribution in [0.2, 0.25) is 0 Å². The highest BCUT2D eigenvalue weighted by atomic mass is 32.2. The van der Waals surface area contributed by atoms with E-state index in [1.807, 2.05) is 24.4 Å². The fourth-order valence-electron chi connectivity index (χ4n) is 2.31. The highest BCUT2D eigenvalue weighted by molar-refractivity contribution is 8.24. The van der Waals surface area contributed by atoms with Crippen molar-refractivity contribution in [2.75, 3.05) is 12.3 Å². The topological polar surface area (TPSA) is 57.6 Å². The van der Waals surface area contributed by atoms with Gasteiger partial charge in [-0.1, -0.05) is 25.2 Å². The molecule has 1 aromatic rings. The van der Waals surface area contributed by atoms with Gasteiger partial charge in [0.05, 0.1) is 9.07 Å². The lowest BCUT2D eigenvalue weighted by atomic mass is 10.1. The molecule has 2 heterocycles. The van der Waals surface area contributed by atoms with Crippen LogP contribution in [0.25, 0.3) is 0 Å². The van der Waals surface area contributed by atoms with Crippen LogP contribution in [0.3, 0.4) is 0 Å². The number of likely N-dealkylation sites (tertiary alicyclic amines) is 1. The van der Waals surface area contributed by atoms with Gasteiger partial charge in [0, 0.05) is 18.2 Å². The first-order valence-corrected chi connectivity index (χ1v) is 9.02. The van der Waals surface area contributed by atoms with Crippen molar-refractivity contribution in [3.8, 4) is 0 Å². The number of amides is 1. The first-order chi connectivity index (χ1) is 10.0. The molecule has 0 saturated carbocycles. The molecular weight excluding hydrogens is 326 g/mol. The maximum atomic E-state index is 12.4. The summed E-state index contributed by atoms with van der Waals surface area (Å²) in [6.07, 6.45) is 1.31. The highest BCUT2D eigenvalue weighted by Crippen LogP contribution is 2.24. The van der Waals surface area contributed by atoms with Gasteiger partial charge in [0.15, 0.2) is 0 Å². The number of thioether (sulfide) groups is 1. The Morgan fingerprint density at radius 1 is 1.62 bits per heavy atom. The van der Waals surface area contributed by atoms with Crippen molar-refractivity contribution in [2.24, 2.45) is 5.92 Å². The predicted molar refractivity (Wildman–Crippen MR) is 90.0 cm³/mol. The molecule has 0 radical (unpaired) electrons. The molecule has 1 N–H and O–H groups in total. The molecule has 1 aromatic heterocycles. The number of carboxylic acids is 1. The molecule has 1 amide bonds. The number of aliphatic carboxylic acids is 1. The molecule has 1 aliphatic heterocycles. The molecule has 114 valence electrons. The van der Waals surface area contributed by atoms with Crippen molar-refractivity contribution < 1.29 is 14.7 Å². The van der Waals surface area contributed by atoms with Crippen molar-refractivity contribution in [3.63, 3.8) is 0 Å².